The molecule has 0 saturated carbocycles. The molecular weight excluding hydrogens is 288 g/mol. The summed E-state index contributed by atoms with van der Waals surface area (Å²) >= 11 is 0. The van der Waals surface area contributed by atoms with Gasteiger partial charge in [0.1, 0.15) is 6.61 Å². The van der Waals surface area contributed by atoms with Crippen molar-refractivity contribution in [3.8, 4) is 0 Å². The molecule has 0 unspecified atom stereocenters. The average Bonchev–Trinajstić information content (AvgIpc) is 2.42. The molecule has 112 valence electrons. The highest BCUT2D eigenvalue weighted by molar-refractivity contribution is 5.87. The van der Waals surface area contributed by atoms with Crippen LogP contribution in [0.5, 0.6) is 0 Å². The highest BCUT2D eigenvalue weighted by Crippen LogP contribution is 2.23. The van der Waals surface area contributed by atoms with E-state index in [1.165, 1.54) is 0 Å². The molecule has 2 aromatic carbocycles. The SMILES string of the molecule is Cc1cc(N)cc(C)c1NC(=O)OCc1ccccc1.Cl. The lowest BCUT2D eigenvalue weighted by atomic mass is 10.1. The van der Waals surface area contributed by atoms with Crippen molar-refractivity contribution in [3.63, 3.8) is 0 Å². The van der Waals surface area contributed by atoms with Crippen molar-refractivity contribution >= 4 is 29.9 Å². The largest absolute Gasteiger partial charge is 0.444 e. The smallest absolute Gasteiger partial charge is 0.411 e. The van der Waals surface area contributed by atoms with Crippen LogP contribution in [0.2, 0.25) is 0 Å². The molecule has 0 aromatic heterocycles. The van der Waals surface area contributed by atoms with Gasteiger partial charge >= 0.3 is 6.09 Å². The Hall–Kier alpha value is -2.20. The molecule has 2 rings (SSSR count). The Morgan fingerprint density at radius 3 is 2.29 bits per heavy atom. The highest BCUT2D eigenvalue weighted by atomic mass is 35.5. The van der Waals surface area contributed by atoms with E-state index in [2.05, 4.69) is 5.32 Å². The number of halogens is 1. The van der Waals surface area contributed by atoms with Gasteiger partial charge in [-0.15, -0.1) is 12.4 Å². The third kappa shape index (κ3) is 4.68. The second-order valence-electron chi connectivity index (χ2n) is 4.72. The summed E-state index contributed by atoms with van der Waals surface area (Å²) in [6.45, 7) is 4.05. The second kappa shape index (κ2) is 7.55. The summed E-state index contributed by atoms with van der Waals surface area (Å²) in [5.74, 6) is 0. The van der Waals surface area contributed by atoms with E-state index in [0.29, 0.717) is 5.69 Å². The quantitative estimate of drug-likeness (QED) is 0.841. The van der Waals surface area contributed by atoms with Gasteiger partial charge in [0.15, 0.2) is 0 Å². The molecule has 2 aromatic rings. The minimum atomic E-state index is -0.468. The summed E-state index contributed by atoms with van der Waals surface area (Å²) in [5, 5.41) is 2.76. The Kier molecular flexibility index (Phi) is 6.06. The van der Waals surface area contributed by atoms with Crippen LogP contribution in [0.3, 0.4) is 0 Å². The molecule has 0 bridgehead atoms. The number of benzene rings is 2. The molecule has 0 saturated heterocycles. The van der Waals surface area contributed by atoms with E-state index in [4.69, 9.17) is 10.5 Å². The fourth-order valence-electron chi connectivity index (χ4n) is 2.06. The first-order valence-electron chi connectivity index (χ1n) is 6.40. The van der Waals surface area contributed by atoms with Crippen LogP contribution in [0, 0.1) is 13.8 Å². The van der Waals surface area contributed by atoms with Crippen molar-refractivity contribution in [2.45, 2.75) is 20.5 Å². The van der Waals surface area contributed by atoms with Gasteiger partial charge in [-0.2, -0.15) is 0 Å². The van der Waals surface area contributed by atoms with Gasteiger partial charge in [-0.3, -0.25) is 5.32 Å². The number of carbonyl (C=O) groups excluding carboxylic acids is 1. The molecule has 1 amide bonds. The van der Waals surface area contributed by atoms with Gasteiger partial charge in [-0.1, -0.05) is 30.3 Å². The van der Waals surface area contributed by atoms with Crippen molar-refractivity contribution in [2.75, 3.05) is 11.1 Å². The lowest BCUT2D eigenvalue weighted by molar-refractivity contribution is 0.155. The molecule has 0 aliphatic heterocycles. The third-order valence-electron chi connectivity index (χ3n) is 2.99. The first kappa shape index (κ1) is 16.9. The third-order valence-corrected chi connectivity index (χ3v) is 2.99. The number of carbonyl (C=O) groups is 1. The van der Waals surface area contributed by atoms with E-state index in [1.54, 1.807) is 0 Å². The summed E-state index contributed by atoms with van der Waals surface area (Å²) in [6.07, 6.45) is -0.468. The molecule has 5 heteroatoms. The van der Waals surface area contributed by atoms with Crippen molar-refractivity contribution in [1.29, 1.82) is 0 Å². The van der Waals surface area contributed by atoms with Crippen molar-refractivity contribution in [1.82, 2.24) is 0 Å². The Morgan fingerprint density at radius 1 is 1.14 bits per heavy atom. The fraction of sp³-hybridized carbons (Fsp3) is 0.188. The number of aryl methyl sites for hydroxylation is 2. The van der Waals surface area contributed by atoms with Gasteiger partial charge in [-0.05, 0) is 42.7 Å². The van der Waals surface area contributed by atoms with Crippen molar-refractivity contribution in [3.05, 3.63) is 59.2 Å². The van der Waals surface area contributed by atoms with E-state index in [-0.39, 0.29) is 19.0 Å². The van der Waals surface area contributed by atoms with Gasteiger partial charge in [-0.25, -0.2) is 4.79 Å². The summed E-state index contributed by atoms with van der Waals surface area (Å²) in [7, 11) is 0. The van der Waals surface area contributed by atoms with Gasteiger partial charge in [0, 0.05) is 11.4 Å². The predicted molar refractivity (Wildman–Crippen MR) is 87.8 cm³/mol. The Morgan fingerprint density at radius 2 is 1.71 bits per heavy atom. The second-order valence-corrected chi connectivity index (χ2v) is 4.72. The van der Waals surface area contributed by atoms with Crippen LogP contribution in [0.1, 0.15) is 16.7 Å². The summed E-state index contributed by atoms with van der Waals surface area (Å²) < 4.78 is 5.19. The topological polar surface area (TPSA) is 64.3 Å². The van der Waals surface area contributed by atoms with E-state index in [9.17, 15) is 4.79 Å². The zero-order chi connectivity index (χ0) is 14.5. The van der Waals surface area contributed by atoms with Crippen LogP contribution in [0.25, 0.3) is 0 Å². The molecule has 4 nitrogen and oxygen atoms in total. The molecule has 0 atom stereocenters. The van der Waals surface area contributed by atoms with E-state index < -0.39 is 6.09 Å². The summed E-state index contributed by atoms with van der Waals surface area (Å²) in [6, 6.07) is 13.2. The Labute approximate surface area is 130 Å². The molecule has 0 aliphatic rings. The Balaban J connectivity index is 0.00000220. The van der Waals surface area contributed by atoms with E-state index in [1.807, 2.05) is 56.3 Å². The summed E-state index contributed by atoms with van der Waals surface area (Å²) in [4.78, 5) is 11.8. The number of hydrogen-bond acceptors (Lipinski definition) is 3. The van der Waals surface area contributed by atoms with Crippen LogP contribution < -0.4 is 11.1 Å². The number of nitrogens with two attached hydrogens (primary N) is 1. The molecule has 0 aliphatic carbocycles. The maximum atomic E-state index is 11.8. The number of hydrogen-bond donors (Lipinski definition) is 2. The van der Waals surface area contributed by atoms with Gasteiger partial charge in [0.2, 0.25) is 0 Å². The molecule has 0 radical (unpaired) electrons. The molecule has 21 heavy (non-hydrogen) atoms. The van der Waals surface area contributed by atoms with Crippen molar-refractivity contribution in [2.24, 2.45) is 0 Å². The number of amides is 1. The predicted octanol–water partition coefficient (Wildman–Crippen LogP) is 4.06. The number of nitrogen functional groups attached to an aromatic ring is 1. The van der Waals surface area contributed by atoms with Gasteiger partial charge in [0.05, 0.1) is 0 Å². The van der Waals surface area contributed by atoms with Gasteiger partial charge in [0.25, 0.3) is 0 Å². The zero-order valence-corrected chi connectivity index (χ0v) is 12.9. The van der Waals surface area contributed by atoms with Crippen LogP contribution in [0.4, 0.5) is 16.2 Å². The molecule has 0 fully saturated rings. The number of ether oxygens (including phenoxy) is 1. The number of anilines is 2. The molecule has 3 N–H and O–H groups in total. The lowest BCUT2D eigenvalue weighted by Gasteiger charge is -2.13. The van der Waals surface area contributed by atoms with E-state index in [0.717, 1.165) is 22.4 Å². The van der Waals surface area contributed by atoms with Gasteiger partial charge < -0.3 is 10.5 Å². The van der Waals surface area contributed by atoms with Crippen LogP contribution in [0.15, 0.2) is 42.5 Å². The van der Waals surface area contributed by atoms with E-state index >= 15 is 0 Å². The lowest BCUT2D eigenvalue weighted by Crippen LogP contribution is -2.15. The van der Waals surface area contributed by atoms with Crippen LogP contribution in [-0.2, 0) is 11.3 Å². The highest BCUT2D eigenvalue weighted by Gasteiger charge is 2.09. The minimum Gasteiger partial charge on any atom is -0.444 e. The fourth-order valence-corrected chi connectivity index (χ4v) is 2.06. The van der Waals surface area contributed by atoms with Crippen molar-refractivity contribution < 1.29 is 9.53 Å². The first-order chi connectivity index (χ1) is 9.56. The zero-order valence-electron chi connectivity index (χ0n) is 12.1. The monoisotopic (exact) mass is 306 g/mol. The van der Waals surface area contributed by atoms with Crippen LogP contribution in [-0.4, -0.2) is 6.09 Å². The maximum absolute atomic E-state index is 11.8. The summed E-state index contributed by atoms with van der Waals surface area (Å²) in [5.41, 5.74) is 9.96. The molecule has 0 heterocycles. The number of rotatable bonds is 3. The minimum absolute atomic E-state index is 0. The maximum Gasteiger partial charge on any atom is 0.411 e. The first-order valence-corrected chi connectivity index (χ1v) is 6.40. The number of nitrogens with one attached hydrogen (secondary N) is 1. The molecular formula is C16H19ClN2O2. The average molecular weight is 307 g/mol. The standard InChI is InChI=1S/C16H18N2O2.ClH/c1-11-8-14(17)9-12(2)15(11)18-16(19)20-10-13-6-4-3-5-7-13;/h3-9H,10,17H2,1-2H3,(H,18,19);1H. The molecule has 0 spiro atoms. The Bertz CT molecular complexity index is 592. The normalized spacial score (nSPS) is 9.62. The van der Waals surface area contributed by atoms with Crippen LogP contribution >= 0.6 is 12.4 Å².